The Balaban J connectivity index is 2.20. The molecule has 1 fully saturated rings. The molecular weight excluding hydrogens is 228 g/mol. The minimum Gasteiger partial charge on any atom is -0.354 e. The summed E-state index contributed by atoms with van der Waals surface area (Å²) in [5.74, 6) is 0.149. The summed E-state index contributed by atoms with van der Waals surface area (Å²) in [5, 5.41) is 0. The molecule has 0 bridgehead atoms. The maximum absolute atomic E-state index is 12.7. The van der Waals surface area contributed by atoms with Crippen molar-refractivity contribution in [2.24, 2.45) is 5.41 Å². The zero-order valence-corrected chi connectivity index (χ0v) is 10.9. The number of carbonyl (C=O) groups excluding carboxylic acids is 1. The smallest absolute Gasteiger partial charge is 0.173 e. The van der Waals surface area contributed by atoms with Gasteiger partial charge in [0.25, 0.3) is 0 Å². The fourth-order valence-electron chi connectivity index (χ4n) is 2.37. The molecule has 0 radical (unpaired) electrons. The molecule has 18 heavy (non-hydrogen) atoms. The van der Waals surface area contributed by atoms with E-state index in [0.29, 0.717) is 20.0 Å². The van der Waals surface area contributed by atoms with Gasteiger partial charge in [-0.05, 0) is 6.42 Å². The zero-order valence-electron chi connectivity index (χ0n) is 10.9. The highest BCUT2D eigenvalue weighted by atomic mass is 16.7. The van der Waals surface area contributed by atoms with Gasteiger partial charge in [-0.25, -0.2) is 0 Å². The average molecular weight is 248 g/mol. The van der Waals surface area contributed by atoms with Crippen molar-refractivity contribution >= 4 is 5.78 Å². The zero-order chi connectivity index (χ0) is 12.8. The molecule has 1 aliphatic heterocycles. The quantitative estimate of drug-likeness (QED) is 0.751. The van der Waals surface area contributed by atoms with Crippen LogP contribution in [0.4, 0.5) is 0 Å². The van der Waals surface area contributed by atoms with Gasteiger partial charge < -0.3 is 9.47 Å². The molecule has 0 atom stereocenters. The van der Waals surface area contributed by atoms with Crippen LogP contribution in [0.2, 0.25) is 0 Å². The van der Waals surface area contributed by atoms with Crippen molar-refractivity contribution in [3.63, 3.8) is 0 Å². The highest BCUT2D eigenvalue weighted by molar-refractivity contribution is 6.00. The molecule has 0 N–H and O–H groups in total. The summed E-state index contributed by atoms with van der Waals surface area (Å²) in [4.78, 5) is 12.7. The van der Waals surface area contributed by atoms with Crippen LogP contribution in [0.15, 0.2) is 30.3 Å². The first-order chi connectivity index (χ1) is 8.78. The number of Topliss-reactive ketones (excluding diaryl/α,β-unsaturated/α-hetero) is 1. The van der Waals surface area contributed by atoms with Crippen molar-refractivity contribution in [3.8, 4) is 0 Å². The lowest BCUT2D eigenvalue weighted by Gasteiger charge is -2.35. The maximum atomic E-state index is 12.7. The molecule has 0 unspecified atom stereocenters. The molecule has 1 aliphatic rings. The van der Waals surface area contributed by atoms with Crippen molar-refractivity contribution in [2.75, 3.05) is 20.0 Å². The van der Waals surface area contributed by atoms with E-state index in [0.717, 1.165) is 24.8 Å². The average Bonchev–Trinajstić information content (AvgIpc) is 2.46. The number of carbonyl (C=O) groups is 1. The Hall–Kier alpha value is -1.19. The highest BCUT2D eigenvalue weighted by Gasteiger charge is 2.40. The third-order valence-corrected chi connectivity index (χ3v) is 3.45. The highest BCUT2D eigenvalue weighted by Crippen LogP contribution is 2.32. The van der Waals surface area contributed by atoms with Gasteiger partial charge in [0.15, 0.2) is 5.78 Å². The molecular formula is C15H20O3. The van der Waals surface area contributed by atoms with Crippen LogP contribution in [0.3, 0.4) is 0 Å². The van der Waals surface area contributed by atoms with Crippen LogP contribution in [0.25, 0.3) is 0 Å². The Morgan fingerprint density at radius 2 is 1.89 bits per heavy atom. The van der Waals surface area contributed by atoms with Crippen LogP contribution >= 0.6 is 0 Å². The Morgan fingerprint density at radius 3 is 2.50 bits per heavy atom. The first kappa shape index (κ1) is 13.2. The van der Waals surface area contributed by atoms with Gasteiger partial charge in [-0.3, -0.25) is 4.79 Å². The predicted octanol–water partition coefficient (Wildman–Crippen LogP) is 3.05. The lowest BCUT2D eigenvalue weighted by Crippen LogP contribution is -2.44. The first-order valence-corrected chi connectivity index (χ1v) is 6.54. The van der Waals surface area contributed by atoms with Crippen molar-refractivity contribution in [2.45, 2.75) is 26.2 Å². The van der Waals surface area contributed by atoms with Gasteiger partial charge in [0.1, 0.15) is 6.79 Å². The lowest BCUT2D eigenvalue weighted by atomic mass is 9.77. The summed E-state index contributed by atoms with van der Waals surface area (Å²) in [6, 6.07) is 9.44. The van der Waals surface area contributed by atoms with Gasteiger partial charge >= 0.3 is 0 Å². The van der Waals surface area contributed by atoms with Crippen molar-refractivity contribution in [3.05, 3.63) is 35.9 Å². The van der Waals surface area contributed by atoms with E-state index >= 15 is 0 Å². The van der Waals surface area contributed by atoms with E-state index in [1.807, 2.05) is 30.3 Å². The Morgan fingerprint density at radius 1 is 1.22 bits per heavy atom. The van der Waals surface area contributed by atoms with Crippen LogP contribution in [-0.4, -0.2) is 25.8 Å². The molecule has 3 nitrogen and oxygen atoms in total. The number of unbranched alkanes of at least 4 members (excludes halogenated alkanes) is 1. The molecule has 1 aromatic carbocycles. The third-order valence-electron chi connectivity index (χ3n) is 3.45. The largest absolute Gasteiger partial charge is 0.354 e. The Bertz CT molecular complexity index is 380. The summed E-state index contributed by atoms with van der Waals surface area (Å²) in [6.07, 6.45) is 2.92. The second kappa shape index (κ2) is 6.12. The van der Waals surface area contributed by atoms with E-state index in [1.54, 1.807) is 0 Å². The predicted molar refractivity (Wildman–Crippen MR) is 69.5 cm³/mol. The molecule has 0 spiro atoms. The summed E-state index contributed by atoms with van der Waals surface area (Å²) in [5.41, 5.74) is 0.262. The molecule has 1 heterocycles. The number of hydrogen-bond acceptors (Lipinski definition) is 3. The number of rotatable bonds is 5. The first-order valence-electron chi connectivity index (χ1n) is 6.54. The van der Waals surface area contributed by atoms with Gasteiger partial charge in [0.05, 0.1) is 18.6 Å². The number of hydrogen-bond donors (Lipinski definition) is 0. The van der Waals surface area contributed by atoms with E-state index < -0.39 is 5.41 Å². The topological polar surface area (TPSA) is 35.5 Å². The molecule has 2 rings (SSSR count). The molecule has 0 saturated carbocycles. The second-order valence-electron chi connectivity index (χ2n) is 4.89. The molecule has 0 aliphatic carbocycles. The van der Waals surface area contributed by atoms with Gasteiger partial charge in [-0.2, -0.15) is 0 Å². The molecule has 0 aromatic heterocycles. The van der Waals surface area contributed by atoms with E-state index in [2.05, 4.69) is 6.92 Å². The number of benzene rings is 1. The maximum Gasteiger partial charge on any atom is 0.173 e. The van der Waals surface area contributed by atoms with E-state index in [1.165, 1.54) is 0 Å². The van der Waals surface area contributed by atoms with Crippen molar-refractivity contribution < 1.29 is 14.3 Å². The van der Waals surface area contributed by atoms with Crippen LogP contribution in [-0.2, 0) is 9.47 Å². The molecule has 1 saturated heterocycles. The third kappa shape index (κ3) is 2.79. The summed E-state index contributed by atoms with van der Waals surface area (Å²) >= 11 is 0. The van der Waals surface area contributed by atoms with Gasteiger partial charge in [-0.15, -0.1) is 0 Å². The lowest BCUT2D eigenvalue weighted by molar-refractivity contribution is -0.151. The fourth-order valence-corrected chi connectivity index (χ4v) is 2.37. The normalized spacial score (nSPS) is 18.5. The number of ketones is 1. The van der Waals surface area contributed by atoms with Gasteiger partial charge in [-0.1, -0.05) is 50.1 Å². The van der Waals surface area contributed by atoms with E-state index in [4.69, 9.17) is 9.47 Å². The summed E-state index contributed by atoms with van der Waals surface area (Å²) in [6.45, 7) is 3.38. The van der Waals surface area contributed by atoms with Gasteiger partial charge in [0, 0.05) is 5.56 Å². The van der Waals surface area contributed by atoms with Crippen molar-refractivity contribution in [1.82, 2.24) is 0 Å². The monoisotopic (exact) mass is 248 g/mol. The Kier molecular flexibility index (Phi) is 4.50. The SMILES string of the molecule is CCCCC1(C(=O)c2ccccc2)COCOC1. The minimum absolute atomic E-state index is 0.149. The standard InChI is InChI=1S/C15H20O3/c1-2-3-9-15(10-17-12-18-11-15)14(16)13-7-5-4-6-8-13/h4-8H,2-3,9-12H2,1H3. The second-order valence-corrected chi connectivity index (χ2v) is 4.89. The van der Waals surface area contributed by atoms with E-state index in [9.17, 15) is 4.79 Å². The molecule has 3 heteroatoms. The van der Waals surface area contributed by atoms with Crippen LogP contribution < -0.4 is 0 Å². The van der Waals surface area contributed by atoms with Crippen LogP contribution in [0, 0.1) is 5.41 Å². The van der Waals surface area contributed by atoms with Crippen LogP contribution in [0.1, 0.15) is 36.5 Å². The van der Waals surface area contributed by atoms with Gasteiger partial charge in [0.2, 0.25) is 0 Å². The molecule has 98 valence electrons. The van der Waals surface area contributed by atoms with Crippen molar-refractivity contribution in [1.29, 1.82) is 0 Å². The summed E-state index contributed by atoms with van der Waals surface area (Å²) in [7, 11) is 0. The van der Waals surface area contributed by atoms with E-state index in [-0.39, 0.29) is 5.78 Å². The van der Waals surface area contributed by atoms with Crippen LogP contribution in [0.5, 0.6) is 0 Å². The summed E-state index contributed by atoms with van der Waals surface area (Å²) < 4.78 is 10.8. The minimum atomic E-state index is -0.490. The Labute approximate surface area is 108 Å². The molecule has 0 amide bonds. The number of ether oxygens (including phenoxy) is 2. The molecule has 1 aromatic rings. The fraction of sp³-hybridized carbons (Fsp3) is 0.533.